The van der Waals surface area contributed by atoms with Crippen LogP contribution >= 0.6 is 0 Å². The number of rotatable bonds is 2. The van der Waals surface area contributed by atoms with Gasteiger partial charge in [0.05, 0.1) is 0 Å². The molecule has 0 aromatic heterocycles. The SMILES string of the molecule is C=C(C)C(=O)OC1(C)C(C)(C)OC(=O)C1(C)C. The second kappa shape index (κ2) is 3.59. The van der Waals surface area contributed by atoms with Crippen molar-refractivity contribution in [3.8, 4) is 0 Å². The molecule has 0 amide bonds. The topological polar surface area (TPSA) is 52.6 Å². The third-order valence-corrected chi connectivity index (χ3v) is 3.84. The van der Waals surface area contributed by atoms with E-state index in [-0.39, 0.29) is 5.97 Å². The molecule has 1 aliphatic rings. The molecule has 1 saturated heterocycles. The summed E-state index contributed by atoms with van der Waals surface area (Å²) in [6.07, 6.45) is 0. The minimum Gasteiger partial charge on any atom is -0.455 e. The summed E-state index contributed by atoms with van der Waals surface area (Å²) in [5.74, 6) is -0.869. The third-order valence-electron chi connectivity index (χ3n) is 3.84. The number of carbonyl (C=O) groups is 2. The average Bonchev–Trinajstić information content (AvgIpc) is 2.25. The lowest BCUT2D eigenvalue weighted by Gasteiger charge is -2.40. The molecule has 0 N–H and O–H groups in total. The van der Waals surface area contributed by atoms with Crippen molar-refractivity contribution in [3.05, 3.63) is 12.2 Å². The van der Waals surface area contributed by atoms with Crippen molar-refractivity contribution >= 4 is 11.9 Å². The van der Waals surface area contributed by atoms with Gasteiger partial charge in [-0.05, 0) is 41.5 Å². The molecule has 0 aliphatic carbocycles. The van der Waals surface area contributed by atoms with Gasteiger partial charge in [-0.3, -0.25) is 4.79 Å². The Balaban J connectivity index is 3.19. The highest BCUT2D eigenvalue weighted by atomic mass is 16.6. The van der Waals surface area contributed by atoms with Gasteiger partial charge in [-0.15, -0.1) is 0 Å². The molecule has 1 atom stereocenters. The lowest BCUT2D eigenvalue weighted by molar-refractivity contribution is -0.179. The summed E-state index contributed by atoms with van der Waals surface area (Å²) in [6, 6.07) is 0. The van der Waals surface area contributed by atoms with Crippen LogP contribution in [0.2, 0.25) is 0 Å². The van der Waals surface area contributed by atoms with Crippen molar-refractivity contribution in [2.45, 2.75) is 52.7 Å². The number of carbonyl (C=O) groups excluding carboxylic acids is 2. The molecule has 1 aliphatic heterocycles. The van der Waals surface area contributed by atoms with Crippen LogP contribution in [-0.2, 0) is 19.1 Å². The van der Waals surface area contributed by atoms with E-state index in [1.165, 1.54) is 0 Å². The Morgan fingerprint density at radius 3 is 2.00 bits per heavy atom. The second-order valence-corrected chi connectivity index (χ2v) is 5.73. The van der Waals surface area contributed by atoms with Crippen molar-refractivity contribution in [3.63, 3.8) is 0 Å². The zero-order valence-corrected chi connectivity index (χ0v) is 11.3. The Morgan fingerprint density at radius 2 is 1.71 bits per heavy atom. The van der Waals surface area contributed by atoms with Crippen LogP contribution in [0.15, 0.2) is 12.2 Å². The van der Waals surface area contributed by atoms with Gasteiger partial charge in [0.15, 0.2) is 5.60 Å². The van der Waals surface area contributed by atoms with E-state index in [0.717, 1.165) is 0 Å². The van der Waals surface area contributed by atoms with Gasteiger partial charge in [0.25, 0.3) is 0 Å². The number of hydrogen-bond acceptors (Lipinski definition) is 4. The summed E-state index contributed by atoms with van der Waals surface area (Å²) in [5, 5.41) is 0. The first-order valence-corrected chi connectivity index (χ1v) is 5.58. The summed E-state index contributed by atoms with van der Waals surface area (Å²) < 4.78 is 10.8. The maximum absolute atomic E-state index is 11.8. The Hall–Kier alpha value is -1.32. The molecule has 1 heterocycles. The van der Waals surface area contributed by atoms with Crippen LogP contribution in [0.4, 0.5) is 0 Å². The average molecular weight is 240 g/mol. The number of hydrogen-bond donors (Lipinski definition) is 0. The first kappa shape index (κ1) is 13.7. The molecular weight excluding hydrogens is 220 g/mol. The molecular formula is C13H20O4. The largest absolute Gasteiger partial charge is 0.455 e. The van der Waals surface area contributed by atoms with Crippen LogP contribution in [0.25, 0.3) is 0 Å². The molecule has 1 unspecified atom stereocenters. The van der Waals surface area contributed by atoms with E-state index in [1.54, 1.807) is 41.5 Å². The molecule has 1 fully saturated rings. The van der Waals surface area contributed by atoms with Gasteiger partial charge in [0.2, 0.25) is 0 Å². The Labute approximate surface area is 102 Å². The number of esters is 2. The van der Waals surface area contributed by atoms with E-state index in [9.17, 15) is 9.59 Å². The predicted molar refractivity (Wildman–Crippen MR) is 63.3 cm³/mol. The minimum absolute atomic E-state index is 0.303. The highest BCUT2D eigenvalue weighted by Gasteiger charge is 2.67. The van der Waals surface area contributed by atoms with Crippen LogP contribution < -0.4 is 0 Å². The lowest BCUT2D eigenvalue weighted by Crippen LogP contribution is -2.55. The molecule has 0 aromatic carbocycles. The Bertz CT molecular complexity index is 392. The molecule has 1 rings (SSSR count). The molecule has 0 saturated carbocycles. The van der Waals surface area contributed by atoms with Gasteiger partial charge >= 0.3 is 11.9 Å². The van der Waals surface area contributed by atoms with Gasteiger partial charge < -0.3 is 9.47 Å². The molecule has 4 heteroatoms. The summed E-state index contributed by atoms with van der Waals surface area (Å²) in [6.45, 7) is 13.8. The van der Waals surface area contributed by atoms with Crippen LogP contribution in [0.5, 0.6) is 0 Å². The first-order valence-electron chi connectivity index (χ1n) is 5.58. The molecule has 96 valence electrons. The van der Waals surface area contributed by atoms with Gasteiger partial charge in [-0.25, -0.2) is 4.79 Å². The fraction of sp³-hybridized carbons (Fsp3) is 0.692. The maximum atomic E-state index is 11.8. The fourth-order valence-corrected chi connectivity index (χ4v) is 1.93. The summed E-state index contributed by atoms with van der Waals surface area (Å²) in [7, 11) is 0. The molecule has 0 bridgehead atoms. The zero-order valence-electron chi connectivity index (χ0n) is 11.3. The van der Waals surface area contributed by atoms with Crippen LogP contribution in [0.1, 0.15) is 41.5 Å². The van der Waals surface area contributed by atoms with Crippen molar-refractivity contribution in [2.24, 2.45) is 5.41 Å². The van der Waals surface area contributed by atoms with Crippen molar-refractivity contribution in [1.82, 2.24) is 0 Å². The maximum Gasteiger partial charge on any atom is 0.333 e. The first-order chi connectivity index (χ1) is 7.46. The number of cyclic esters (lactones) is 1. The Morgan fingerprint density at radius 1 is 1.24 bits per heavy atom. The number of ether oxygens (including phenoxy) is 2. The third kappa shape index (κ3) is 1.75. The van der Waals surface area contributed by atoms with E-state index in [4.69, 9.17) is 9.47 Å². The van der Waals surface area contributed by atoms with E-state index in [2.05, 4.69) is 6.58 Å². The summed E-state index contributed by atoms with van der Waals surface area (Å²) in [5.41, 5.74) is -2.47. The normalized spacial score (nSPS) is 29.6. The monoisotopic (exact) mass is 240 g/mol. The molecule has 0 aromatic rings. The highest BCUT2D eigenvalue weighted by molar-refractivity contribution is 5.89. The lowest BCUT2D eigenvalue weighted by atomic mass is 9.70. The standard InChI is InChI=1S/C13H20O4/c1-8(2)9(14)16-13(7)11(3,4)10(15)17-12(13,5)6/h1H2,2-7H3. The zero-order chi connectivity index (χ0) is 13.6. The van der Waals surface area contributed by atoms with Crippen molar-refractivity contribution < 1.29 is 19.1 Å². The van der Waals surface area contributed by atoms with Crippen LogP contribution in [0, 0.1) is 5.41 Å². The van der Waals surface area contributed by atoms with Crippen LogP contribution in [0.3, 0.4) is 0 Å². The van der Waals surface area contributed by atoms with Crippen molar-refractivity contribution in [2.75, 3.05) is 0 Å². The van der Waals surface area contributed by atoms with E-state index < -0.39 is 22.6 Å². The molecule has 17 heavy (non-hydrogen) atoms. The molecule has 4 nitrogen and oxygen atoms in total. The quantitative estimate of drug-likeness (QED) is 0.548. The molecule has 0 radical (unpaired) electrons. The van der Waals surface area contributed by atoms with Gasteiger partial charge in [-0.1, -0.05) is 6.58 Å². The van der Waals surface area contributed by atoms with Gasteiger partial charge in [-0.2, -0.15) is 0 Å². The summed E-state index contributed by atoms with van der Waals surface area (Å²) in [4.78, 5) is 23.5. The van der Waals surface area contributed by atoms with Crippen molar-refractivity contribution in [1.29, 1.82) is 0 Å². The van der Waals surface area contributed by atoms with E-state index in [1.807, 2.05) is 0 Å². The predicted octanol–water partition coefficient (Wildman–Crippen LogP) is 2.23. The van der Waals surface area contributed by atoms with Gasteiger partial charge in [0.1, 0.15) is 11.0 Å². The van der Waals surface area contributed by atoms with E-state index in [0.29, 0.717) is 5.57 Å². The highest BCUT2D eigenvalue weighted by Crippen LogP contribution is 2.51. The minimum atomic E-state index is -1.02. The molecule has 0 spiro atoms. The van der Waals surface area contributed by atoms with E-state index >= 15 is 0 Å². The Kier molecular flexibility index (Phi) is 2.90. The summed E-state index contributed by atoms with van der Waals surface area (Å²) >= 11 is 0. The fourth-order valence-electron chi connectivity index (χ4n) is 1.93. The smallest absolute Gasteiger partial charge is 0.333 e. The van der Waals surface area contributed by atoms with Crippen LogP contribution in [-0.4, -0.2) is 23.1 Å². The second-order valence-electron chi connectivity index (χ2n) is 5.73. The van der Waals surface area contributed by atoms with Gasteiger partial charge in [0, 0.05) is 5.57 Å².